The van der Waals surface area contributed by atoms with E-state index in [9.17, 15) is 14.7 Å². The maximum atomic E-state index is 12.3. The molecule has 0 spiro atoms. The molecule has 24 heavy (non-hydrogen) atoms. The highest BCUT2D eigenvalue weighted by Crippen LogP contribution is 2.15. The third-order valence-electron chi connectivity index (χ3n) is 3.25. The molecule has 0 saturated carbocycles. The molecular formula is C19H19NO4. The van der Waals surface area contributed by atoms with Crippen LogP contribution < -0.4 is 10.1 Å². The summed E-state index contributed by atoms with van der Waals surface area (Å²) in [5.74, 6) is -0.930. The Balaban J connectivity index is 2.20. The summed E-state index contributed by atoms with van der Waals surface area (Å²) in [7, 11) is 0. The monoisotopic (exact) mass is 325 g/mol. The predicted octanol–water partition coefficient (Wildman–Crippen LogP) is 3.66. The highest BCUT2D eigenvalue weighted by molar-refractivity contribution is 6.09. The predicted molar refractivity (Wildman–Crippen MR) is 92.5 cm³/mol. The van der Waals surface area contributed by atoms with Gasteiger partial charge in [-0.25, -0.2) is 4.79 Å². The lowest BCUT2D eigenvalue weighted by molar-refractivity contribution is -0.132. The molecule has 0 fully saturated rings. The van der Waals surface area contributed by atoms with Crippen LogP contribution in [0.1, 0.15) is 22.8 Å². The summed E-state index contributed by atoms with van der Waals surface area (Å²) in [5, 5.41) is 12.1. The minimum absolute atomic E-state index is 0.181. The molecule has 5 nitrogen and oxygen atoms in total. The van der Waals surface area contributed by atoms with Crippen LogP contribution in [0.15, 0.2) is 60.3 Å². The zero-order chi connectivity index (χ0) is 17.5. The Kier molecular flexibility index (Phi) is 5.73. The first-order valence-corrected chi connectivity index (χ1v) is 7.55. The van der Waals surface area contributed by atoms with Gasteiger partial charge in [0.2, 0.25) is 0 Å². The number of benzene rings is 2. The molecule has 0 saturated heterocycles. The lowest BCUT2D eigenvalue weighted by Crippen LogP contribution is -2.13. The average molecular weight is 325 g/mol. The topological polar surface area (TPSA) is 75.6 Å². The summed E-state index contributed by atoms with van der Waals surface area (Å²) >= 11 is 0. The molecule has 124 valence electrons. The molecule has 2 rings (SSSR count). The van der Waals surface area contributed by atoms with Gasteiger partial charge in [0.25, 0.3) is 0 Å². The Morgan fingerprint density at radius 3 is 2.46 bits per heavy atom. The minimum atomic E-state index is -1.20. The van der Waals surface area contributed by atoms with Gasteiger partial charge in [0, 0.05) is 17.3 Å². The molecule has 0 radical (unpaired) electrons. The van der Waals surface area contributed by atoms with Gasteiger partial charge in [-0.2, -0.15) is 0 Å². The maximum absolute atomic E-state index is 12.3. The fourth-order valence-electron chi connectivity index (χ4n) is 2.13. The lowest BCUT2D eigenvalue weighted by Gasteiger charge is -2.08. The van der Waals surface area contributed by atoms with E-state index in [1.807, 2.05) is 26.0 Å². The van der Waals surface area contributed by atoms with Crippen LogP contribution in [0.25, 0.3) is 0 Å². The van der Waals surface area contributed by atoms with Crippen LogP contribution in [0.2, 0.25) is 0 Å². The first kappa shape index (κ1) is 17.3. The van der Waals surface area contributed by atoms with Crippen LogP contribution in [0.4, 0.5) is 5.69 Å². The molecular weight excluding hydrogens is 306 g/mol. The minimum Gasteiger partial charge on any atom is -0.494 e. The molecule has 0 aromatic heterocycles. The normalized spacial score (nSPS) is 11.0. The van der Waals surface area contributed by atoms with Gasteiger partial charge in [-0.05, 0) is 55.8 Å². The molecule has 0 amide bonds. The fraction of sp³-hybridized carbons (Fsp3) is 0.158. The second kappa shape index (κ2) is 7.97. The largest absolute Gasteiger partial charge is 0.494 e. The number of carbonyl (C=O) groups excluding carboxylic acids is 1. The molecule has 0 unspecified atom stereocenters. The van der Waals surface area contributed by atoms with Gasteiger partial charge in [0.1, 0.15) is 11.4 Å². The Bertz CT molecular complexity index is 763. The van der Waals surface area contributed by atoms with Crippen molar-refractivity contribution >= 4 is 17.4 Å². The number of hydrogen-bond donors (Lipinski definition) is 2. The maximum Gasteiger partial charge on any atom is 0.352 e. The number of carbonyl (C=O) groups is 2. The average Bonchev–Trinajstić information content (AvgIpc) is 2.55. The van der Waals surface area contributed by atoms with Gasteiger partial charge >= 0.3 is 5.97 Å². The number of ketones is 1. The molecule has 0 aliphatic heterocycles. The Morgan fingerprint density at radius 2 is 1.88 bits per heavy atom. The highest BCUT2D eigenvalue weighted by atomic mass is 16.5. The molecule has 2 N–H and O–H groups in total. The number of carboxylic acids is 1. The third kappa shape index (κ3) is 4.71. The summed E-state index contributed by atoms with van der Waals surface area (Å²) in [4.78, 5) is 23.7. The van der Waals surface area contributed by atoms with Crippen molar-refractivity contribution in [3.8, 4) is 5.75 Å². The number of aryl methyl sites for hydroxylation is 1. The quantitative estimate of drug-likeness (QED) is 0.600. The van der Waals surface area contributed by atoms with Crippen LogP contribution in [0, 0.1) is 6.92 Å². The van der Waals surface area contributed by atoms with Crippen molar-refractivity contribution in [2.24, 2.45) is 0 Å². The summed E-state index contributed by atoms with van der Waals surface area (Å²) in [5.41, 5.74) is 1.81. The number of aliphatic carboxylic acids is 1. The van der Waals surface area contributed by atoms with E-state index >= 15 is 0 Å². The van der Waals surface area contributed by atoms with Gasteiger partial charge in [0.05, 0.1) is 6.61 Å². The van der Waals surface area contributed by atoms with Gasteiger partial charge < -0.3 is 15.2 Å². The smallest absolute Gasteiger partial charge is 0.352 e. The number of carboxylic acid groups (broad SMARTS) is 1. The molecule has 2 aromatic rings. The van der Waals surface area contributed by atoms with E-state index in [0.29, 0.717) is 23.6 Å². The van der Waals surface area contributed by atoms with E-state index in [1.54, 1.807) is 36.4 Å². The van der Waals surface area contributed by atoms with Crippen molar-refractivity contribution in [3.05, 3.63) is 71.4 Å². The fourth-order valence-corrected chi connectivity index (χ4v) is 2.13. The highest BCUT2D eigenvalue weighted by Gasteiger charge is 2.12. The number of ether oxygens (including phenoxy) is 1. The number of anilines is 1. The van der Waals surface area contributed by atoms with E-state index < -0.39 is 11.8 Å². The van der Waals surface area contributed by atoms with Crippen LogP contribution >= 0.6 is 0 Å². The second-order valence-corrected chi connectivity index (χ2v) is 5.18. The van der Waals surface area contributed by atoms with Crippen LogP contribution in [-0.2, 0) is 4.79 Å². The van der Waals surface area contributed by atoms with E-state index in [2.05, 4.69) is 5.32 Å². The van der Waals surface area contributed by atoms with E-state index in [0.717, 1.165) is 11.6 Å². The summed E-state index contributed by atoms with van der Waals surface area (Å²) < 4.78 is 5.32. The Labute approximate surface area is 140 Å². The van der Waals surface area contributed by atoms with E-state index in [-0.39, 0.29) is 5.70 Å². The summed E-state index contributed by atoms with van der Waals surface area (Å²) in [6.07, 6.45) is 1.08. The first-order chi connectivity index (χ1) is 11.5. The van der Waals surface area contributed by atoms with Crippen molar-refractivity contribution in [3.63, 3.8) is 0 Å². The second-order valence-electron chi connectivity index (χ2n) is 5.18. The molecule has 0 bridgehead atoms. The van der Waals surface area contributed by atoms with Crippen molar-refractivity contribution in [1.82, 2.24) is 0 Å². The van der Waals surface area contributed by atoms with Crippen LogP contribution in [0.5, 0.6) is 5.75 Å². The van der Waals surface area contributed by atoms with Crippen molar-refractivity contribution < 1.29 is 19.4 Å². The Morgan fingerprint density at radius 1 is 1.17 bits per heavy atom. The van der Waals surface area contributed by atoms with E-state index in [1.165, 1.54) is 0 Å². The number of hydrogen-bond acceptors (Lipinski definition) is 4. The molecule has 0 heterocycles. The summed E-state index contributed by atoms with van der Waals surface area (Å²) in [6, 6.07) is 13.8. The first-order valence-electron chi connectivity index (χ1n) is 7.55. The van der Waals surface area contributed by atoms with Crippen molar-refractivity contribution in [2.45, 2.75) is 13.8 Å². The lowest BCUT2D eigenvalue weighted by atomic mass is 10.1. The van der Waals surface area contributed by atoms with Crippen molar-refractivity contribution in [1.29, 1.82) is 0 Å². The third-order valence-corrected chi connectivity index (χ3v) is 3.25. The zero-order valence-electron chi connectivity index (χ0n) is 13.6. The molecule has 0 aliphatic carbocycles. The molecule has 0 atom stereocenters. The summed E-state index contributed by atoms with van der Waals surface area (Å²) in [6.45, 7) is 4.31. The van der Waals surface area contributed by atoms with Gasteiger partial charge in [-0.3, -0.25) is 4.79 Å². The molecule has 2 aromatic carbocycles. The van der Waals surface area contributed by atoms with Gasteiger partial charge in [0.15, 0.2) is 5.78 Å². The Hall–Kier alpha value is -3.08. The number of rotatable bonds is 7. The van der Waals surface area contributed by atoms with Gasteiger partial charge in [-0.15, -0.1) is 0 Å². The van der Waals surface area contributed by atoms with Gasteiger partial charge in [-0.1, -0.05) is 12.1 Å². The zero-order valence-corrected chi connectivity index (χ0v) is 13.6. The van der Waals surface area contributed by atoms with Crippen molar-refractivity contribution in [2.75, 3.05) is 11.9 Å². The van der Waals surface area contributed by atoms with Crippen LogP contribution in [0.3, 0.4) is 0 Å². The SMILES string of the molecule is CCOc1ccc(C(=O)/C=C(/Nc2cccc(C)c2)C(=O)O)cc1. The standard InChI is InChI=1S/C19H19NO4/c1-3-24-16-9-7-14(8-10-16)18(21)12-17(19(22)23)20-15-6-4-5-13(2)11-15/h4-12,20H,3H2,1-2H3,(H,22,23)/b17-12+. The van der Waals surface area contributed by atoms with E-state index in [4.69, 9.17) is 4.74 Å². The van der Waals surface area contributed by atoms with Crippen LogP contribution in [-0.4, -0.2) is 23.5 Å². The number of allylic oxidation sites excluding steroid dienone is 1. The number of nitrogens with one attached hydrogen (secondary N) is 1. The molecule has 5 heteroatoms. The molecule has 0 aliphatic rings.